The average Bonchev–Trinajstić information content (AvgIpc) is 2.49. The molecular weight excluding hydrogens is 286 g/mol. The van der Waals surface area contributed by atoms with Crippen LogP contribution < -0.4 is 0 Å². The maximum absolute atomic E-state index is 12.6. The van der Waals surface area contributed by atoms with Gasteiger partial charge in [0, 0.05) is 18.1 Å². The van der Waals surface area contributed by atoms with E-state index in [4.69, 9.17) is 11.6 Å². The minimum Gasteiger partial charge on any atom is -0.507 e. The van der Waals surface area contributed by atoms with E-state index < -0.39 is 0 Å². The Labute approximate surface area is 129 Å². The highest BCUT2D eigenvalue weighted by Gasteiger charge is 2.18. The van der Waals surface area contributed by atoms with E-state index in [0.717, 1.165) is 12.0 Å². The lowest BCUT2D eigenvalue weighted by molar-refractivity contribution is 0.0740. The van der Waals surface area contributed by atoms with E-state index >= 15 is 0 Å². The second kappa shape index (κ2) is 7.14. The van der Waals surface area contributed by atoms with Crippen molar-refractivity contribution in [1.82, 2.24) is 4.90 Å². The molecule has 0 aliphatic carbocycles. The fourth-order valence-corrected chi connectivity index (χ4v) is 2.28. The van der Waals surface area contributed by atoms with Crippen molar-refractivity contribution in [2.75, 3.05) is 6.54 Å². The third kappa shape index (κ3) is 3.99. The van der Waals surface area contributed by atoms with Crippen LogP contribution in [-0.2, 0) is 6.54 Å². The number of halogens is 1. The molecule has 0 atom stereocenters. The summed E-state index contributed by atoms with van der Waals surface area (Å²) < 4.78 is 0. The number of para-hydroxylation sites is 1. The number of benzene rings is 2. The van der Waals surface area contributed by atoms with Crippen molar-refractivity contribution in [1.29, 1.82) is 0 Å². The van der Waals surface area contributed by atoms with Crippen LogP contribution in [0.5, 0.6) is 5.75 Å². The smallest absolute Gasteiger partial charge is 0.257 e. The largest absolute Gasteiger partial charge is 0.507 e. The lowest BCUT2D eigenvalue weighted by atomic mass is 10.1. The summed E-state index contributed by atoms with van der Waals surface area (Å²) in [6, 6.07) is 14.1. The van der Waals surface area contributed by atoms with Gasteiger partial charge in [0.1, 0.15) is 5.75 Å². The maximum Gasteiger partial charge on any atom is 0.257 e. The summed E-state index contributed by atoms with van der Waals surface area (Å²) in [6.45, 7) is 3.15. The molecule has 1 amide bonds. The molecule has 0 aliphatic heterocycles. The maximum atomic E-state index is 12.6. The molecule has 0 fully saturated rings. The number of nitrogens with zero attached hydrogens (tertiary/aromatic N) is 1. The summed E-state index contributed by atoms with van der Waals surface area (Å²) in [5, 5.41) is 10.5. The third-order valence-corrected chi connectivity index (χ3v) is 3.45. The van der Waals surface area contributed by atoms with E-state index in [0.29, 0.717) is 23.7 Å². The molecule has 1 N–H and O–H groups in total. The number of rotatable bonds is 5. The Hall–Kier alpha value is -2.00. The monoisotopic (exact) mass is 303 g/mol. The number of phenols is 1. The lowest BCUT2D eigenvalue weighted by Gasteiger charge is -2.22. The fourth-order valence-electron chi connectivity index (χ4n) is 2.16. The van der Waals surface area contributed by atoms with E-state index in [1.165, 1.54) is 6.07 Å². The SMILES string of the molecule is CCCN(Cc1ccc(Cl)cc1)C(=O)c1ccccc1O. The van der Waals surface area contributed by atoms with Gasteiger partial charge >= 0.3 is 0 Å². The van der Waals surface area contributed by atoms with Crippen LogP contribution in [0, 0.1) is 0 Å². The predicted molar refractivity (Wildman–Crippen MR) is 84.6 cm³/mol. The third-order valence-electron chi connectivity index (χ3n) is 3.20. The topological polar surface area (TPSA) is 40.5 Å². The number of aromatic hydroxyl groups is 1. The first-order valence-electron chi connectivity index (χ1n) is 6.93. The number of hydrogen-bond acceptors (Lipinski definition) is 2. The summed E-state index contributed by atoms with van der Waals surface area (Å²) in [5.41, 5.74) is 1.34. The first-order chi connectivity index (χ1) is 10.1. The van der Waals surface area contributed by atoms with Crippen LogP contribution in [0.1, 0.15) is 29.3 Å². The van der Waals surface area contributed by atoms with Crippen LogP contribution in [0.15, 0.2) is 48.5 Å². The highest BCUT2D eigenvalue weighted by molar-refractivity contribution is 6.30. The van der Waals surface area contributed by atoms with Gasteiger partial charge in [-0.05, 0) is 36.2 Å². The first-order valence-corrected chi connectivity index (χ1v) is 7.31. The van der Waals surface area contributed by atoms with Crippen molar-refractivity contribution < 1.29 is 9.90 Å². The fraction of sp³-hybridized carbons (Fsp3) is 0.235. The van der Waals surface area contributed by atoms with Gasteiger partial charge in [0.2, 0.25) is 0 Å². The summed E-state index contributed by atoms with van der Waals surface area (Å²) in [4.78, 5) is 14.3. The van der Waals surface area contributed by atoms with Gasteiger partial charge in [-0.1, -0.05) is 42.8 Å². The standard InChI is InChI=1S/C17H18ClNO2/c1-2-11-19(12-13-7-9-14(18)10-8-13)17(21)15-5-3-4-6-16(15)20/h3-10,20H,2,11-12H2,1H3. The summed E-state index contributed by atoms with van der Waals surface area (Å²) in [5.74, 6) is -0.149. The average molecular weight is 304 g/mol. The van der Waals surface area contributed by atoms with Crippen LogP contribution in [0.3, 0.4) is 0 Å². The van der Waals surface area contributed by atoms with Gasteiger partial charge in [-0.25, -0.2) is 0 Å². The van der Waals surface area contributed by atoms with Gasteiger partial charge in [-0.2, -0.15) is 0 Å². The molecule has 2 rings (SSSR count). The van der Waals surface area contributed by atoms with E-state index in [-0.39, 0.29) is 11.7 Å². The number of carbonyl (C=O) groups excluding carboxylic acids is 1. The highest BCUT2D eigenvalue weighted by atomic mass is 35.5. The number of carbonyl (C=O) groups is 1. The normalized spacial score (nSPS) is 10.4. The molecule has 0 saturated heterocycles. The van der Waals surface area contributed by atoms with Crippen molar-refractivity contribution in [3.05, 3.63) is 64.7 Å². The lowest BCUT2D eigenvalue weighted by Crippen LogP contribution is -2.31. The quantitative estimate of drug-likeness (QED) is 0.903. The molecule has 0 bridgehead atoms. The second-order valence-electron chi connectivity index (χ2n) is 4.87. The Kier molecular flexibility index (Phi) is 5.23. The zero-order valence-corrected chi connectivity index (χ0v) is 12.7. The van der Waals surface area contributed by atoms with Crippen LogP contribution in [-0.4, -0.2) is 22.5 Å². The Bertz CT molecular complexity index is 610. The van der Waals surface area contributed by atoms with Crippen LogP contribution in [0.25, 0.3) is 0 Å². The molecule has 0 spiro atoms. The van der Waals surface area contributed by atoms with Gasteiger partial charge in [0.15, 0.2) is 0 Å². The summed E-state index contributed by atoms with van der Waals surface area (Å²) >= 11 is 5.87. The molecule has 21 heavy (non-hydrogen) atoms. The molecule has 0 heterocycles. The zero-order chi connectivity index (χ0) is 15.2. The molecule has 2 aromatic rings. The van der Waals surface area contributed by atoms with Gasteiger partial charge in [0.05, 0.1) is 5.56 Å². The molecule has 2 aromatic carbocycles. The predicted octanol–water partition coefficient (Wildman–Crippen LogP) is 4.10. The van der Waals surface area contributed by atoms with Crippen molar-refractivity contribution >= 4 is 17.5 Å². The number of hydrogen-bond donors (Lipinski definition) is 1. The minimum absolute atomic E-state index is 0.0136. The van der Waals surface area contributed by atoms with Gasteiger partial charge in [-0.15, -0.1) is 0 Å². The van der Waals surface area contributed by atoms with Gasteiger partial charge in [0.25, 0.3) is 5.91 Å². The first kappa shape index (κ1) is 15.4. The van der Waals surface area contributed by atoms with Crippen LogP contribution >= 0.6 is 11.6 Å². The van der Waals surface area contributed by atoms with E-state index in [9.17, 15) is 9.90 Å². The molecule has 0 radical (unpaired) electrons. The van der Waals surface area contributed by atoms with Crippen molar-refractivity contribution in [2.45, 2.75) is 19.9 Å². The Balaban J connectivity index is 2.20. The van der Waals surface area contributed by atoms with Crippen molar-refractivity contribution in [3.8, 4) is 5.75 Å². The molecule has 0 aromatic heterocycles. The number of phenolic OH excluding ortho intramolecular Hbond substituents is 1. The molecule has 4 heteroatoms. The molecular formula is C17H18ClNO2. The summed E-state index contributed by atoms with van der Waals surface area (Å²) in [7, 11) is 0. The Morgan fingerprint density at radius 3 is 2.43 bits per heavy atom. The van der Waals surface area contributed by atoms with Crippen LogP contribution in [0.4, 0.5) is 0 Å². The minimum atomic E-state index is -0.162. The molecule has 0 unspecified atom stereocenters. The Morgan fingerprint density at radius 1 is 1.14 bits per heavy atom. The van der Waals surface area contributed by atoms with Gasteiger partial charge in [-0.3, -0.25) is 4.79 Å². The molecule has 0 saturated carbocycles. The number of amides is 1. The second-order valence-corrected chi connectivity index (χ2v) is 5.31. The molecule has 3 nitrogen and oxygen atoms in total. The Morgan fingerprint density at radius 2 is 1.81 bits per heavy atom. The van der Waals surface area contributed by atoms with Crippen molar-refractivity contribution in [3.63, 3.8) is 0 Å². The highest BCUT2D eigenvalue weighted by Crippen LogP contribution is 2.20. The molecule has 110 valence electrons. The van der Waals surface area contributed by atoms with E-state index in [2.05, 4.69) is 0 Å². The van der Waals surface area contributed by atoms with Crippen LogP contribution in [0.2, 0.25) is 5.02 Å². The molecule has 0 aliphatic rings. The van der Waals surface area contributed by atoms with Crippen molar-refractivity contribution in [2.24, 2.45) is 0 Å². The van der Waals surface area contributed by atoms with E-state index in [1.807, 2.05) is 31.2 Å². The zero-order valence-electron chi connectivity index (χ0n) is 11.9. The summed E-state index contributed by atoms with van der Waals surface area (Å²) in [6.07, 6.45) is 0.854. The van der Waals surface area contributed by atoms with E-state index in [1.54, 1.807) is 23.1 Å². The van der Waals surface area contributed by atoms with Gasteiger partial charge < -0.3 is 10.0 Å².